The quantitative estimate of drug-likeness (QED) is 0.336. The highest BCUT2D eigenvalue weighted by molar-refractivity contribution is 5.86. The van der Waals surface area contributed by atoms with E-state index < -0.39 is 18.1 Å². The predicted octanol–water partition coefficient (Wildman–Crippen LogP) is 1.94. The molecule has 11 heteroatoms. The van der Waals surface area contributed by atoms with Crippen molar-refractivity contribution in [2.24, 2.45) is 7.05 Å². The number of ether oxygens (including phenoxy) is 1. The van der Waals surface area contributed by atoms with Gasteiger partial charge < -0.3 is 19.7 Å². The Morgan fingerprint density at radius 1 is 1.10 bits per heavy atom. The summed E-state index contributed by atoms with van der Waals surface area (Å²) in [6.07, 6.45) is 3.19. The lowest BCUT2D eigenvalue weighted by Gasteiger charge is -2.20. The first-order valence-electron chi connectivity index (χ1n) is 12.5. The van der Waals surface area contributed by atoms with Gasteiger partial charge in [-0.2, -0.15) is 5.10 Å². The third-order valence-corrected chi connectivity index (χ3v) is 6.92. The van der Waals surface area contributed by atoms with E-state index in [-0.39, 0.29) is 17.9 Å². The van der Waals surface area contributed by atoms with Crippen molar-refractivity contribution in [1.29, 1.82) is 0 Å². The molecular formula is C28H28N6O5. The van der Waals surface area contributed by atoms with Gasteiger partial charge in [-0.1, -0.05) is 54.6 Å². The fourth-order valence-electron chi connectivity index (χ4n) is 4.89. The lowest BCUT2D eigenvalue weighted by atomic mass is 10.0. The Bertz CT molecular complexity index is 1560. The van der Waals surface area contributed by atoms with Crippen molar-refractivity contribution in [2.45, 2.75) is 37.8 Å². The summed E-state index contributed by atoms with van der Waals surface area (Å²) in [5, 5.41) is 25.1. The third-order valence-electron chi connectivity index (χ3n) is 6.92. The van der Waals surface area contributed by atoms with Crippen LogP contribution in [0.2, 0.25) is 0 Å². The highest BCUT2D eigenvalue weighted by atomic mass is 16.5. The number of carbonyl (C=O) groups excluding carboxylic acids is 1. The van der Waals surface area contributed by atoms with E-state index in [1.165, 1.54) is 18.0 Å². The lowest BCUT2D eigenvalue weighted by molar-refractivity contribution is -0.142. The molecule has 0 bridgehead atoms. The molecule has 2 aromatic heterocycles. The van der Waals surface area contributed by atoms with Gasteiger partial charge in [0, 0.05) is 26.3 Å². The lowest BCUT2D eigenvalue weighted by Crippen LogP contribution is -2.45. The van der Waals surface area contributed by atoms with Gasteiger partial charge >= 0.3 is 5.97 Å². The summed E-state index contributed by atoms with van der Waals surface area (Å²) in [5.74, 6) is 0.230. The van der Waals surface area contributed by atoms with Gasteiger partial charge in [0.2, 0.25) is 5.91 Å². The molecule has 1 aliphatic heterocycles. The van der Waals surface area contributed by atoms with Crippen molar-refractivity contribution in [3.05, 3.63) is 93.9 Å². The second-order valence-electron chi connectivity index (χ2n) is 9.44. The molecule has 2 N–H and O–H groups in total. The number of hydrogen-bond donors (Lipinski definition) is 2. The molecular weight excluding hydrogens is 500 g/mol. The number of amides is 1. The number of nitrogens with zero attached hydrogens (tertiary/aromatic N) is 5. The number of benzene rings is 2. The first kappa shape index (κ1) is 25.8. The van der Waals surface area contributed by atoms with E-state index in [1.807, 2.05) is 34.9 Å². The van der Waals surface area contributed by atoms with Gasteiger partial charge in [0.05, 0.1) is 18.9 Å². The number of fused-ring (bicyclic) bond motifs is 1. The van der Waals surface area contributed by atoms with Crippen LogP contribution in [0.25, 0.3) is 11.1 Å². The molecule has 0 saturated carbocycles. The predicted molar refractivity (Wildman–Crippen MR) is 141 cm³/mol. The van der Waals surface area contributed by atoms with Gasteiger partial charge in [-0.25, -0.2) is 9.48 Å². The summed E-state index contributed by atoms with van der Waals surface area (Å²) >= 11 is 0. The van der Waals surface area contributed by atoms with Crippen molar-refractivity contribution in [3.63, 3.8) is 0 Å². The summed E-state index contributed by atoms with van der Waals surface area (Å²) < 4.78 is 8.35. The van der Waals surface area contributed by atoms with E-state index in [0.29, 0.717) is 47.5 Å². The maximum Gasteiger partial charge on any atom is 0.326 e. The molecule has 3 heterocycles. The third kappa shape index (κ3) is 5.28. The van der Waals surface area contributed by atoms with Crippen molar-refractivity contribution in [3.8, 4) is 16.9 Å². The van der Waals surface area contributed by atoms with Crippen LogP contribution in [0, 0.1) is 0 Å². The zero-order chi connectivity index (χ0) is 27.5. The minimum absolute atomic E-state index is 0.0749. The number of rotatable bonds is 9. The van der Waals surface area contributed by atoms with Gasteiger partial charge in [-0.15, -0.1) is 10.2 Å². The Balaban J connectivity index is 1.31. The van der Waals surface area contributed by atoms with Gasteiger partial charge in [-0.05, 0) is 23.1 Å². The fourth-order valence-corrected chi connectivity index (χ4v) is 4.89. The molecule has 0 fully saturated rings. The number of hydrogen-bond acceptors (Lipinski definition) is 7. The second-order valence-corrected chi connectivity index (χ2v) is 9.44. The molecule has 2 aromatic carbocycles. The number of carbonyl (C=O) groups is 2. The molecule has 4 aromatic rings. The molecule has 0 radical (unpaired) electrons. The normalized spacial score (nSPS) is 15.0. The first-order chi connectivity index (χ1) is 18.9. The number of carboxylic acids is 1. The summed E-state index contributed by atoms with van der Waals surface area (Å²) in [6, 6.07) is 15.0. The largest absolute Gasteiger partial charge is 0.494 e. The first-order valence-corrected chi connectivity index (χ1v) is 12.5. The highest BCUT2D eigenvalue weighted by Gasteiger charge is 2.34. The van der Waals surface area contributed by atoms with Crippen molar-refractivity contribution in [1.82, 2.24) is 29.9 Å². The Morgan fingerprint density at radius 2 is 1.85 bits per heavy atom. The smallest absolute Gasteiger partial charge is 0.326 e. The molecule has 0 unspecified atom stereocenters. The monoisotopic (exact) mass is 528 g/mol. The van der Waals surface area contributed by atoms with E-state index in [9.17, 15) is 19.5 Å². The van der Waals surface area contributed by atoms with Crippen LogP contribution in [0.3, 0.4) is 0 Å². The van der Waals surface area contributed by atoms with Crippen molar-refractivity contribution in [2.75, 3.05) is 7.11 Å². The maximum absolute atomic E-state index is 13.3. The van der Waals surface area contributed by atoms with Crippen LogP contribution in [-0.2, 0) is 35.9 Å². The molecule has 11 nitrogen and oxygen atoms in total. The average molecular weight is 529 g/mol. The summed E-state index contributed by atoms with van der Waals surface area (Å²) in [4.78, 5) is 38.0. The molecule has 1 amide bonds. The zero-order valence-corrected chi connectivity index (χ0v) is 21.6. The van der Waals surface area contributed by atoms with Gasteiger partial charge in [0.25, 0.3) is 5.56 Å². The Morgan fingerprint density at radius 3 is 2.54 bits per heavy atom. The second kappa shape index (κ2) is 10.9. The van der Waals surface area contributed by atoms with Crippen LogP contribution in [0.5, 0.6) is 5.75 Å². The fraction of sp³-hybridized carbons (Fsp3) is 0.286. The molecule has 0 saturated heterocycles. The molecule has 0 spiro atoms. The Kier molecular flexibility index (Phi) is 7.22. The number of nitrogens with one attached hydrogen (secondary N) is 1. The summed E-state index contributed by atoms with van der Waals surface area (Å²) in [5.41, 5.74) is 2.41. The molecule has 2 atom stereocenters. The van der Waals surface area contributed by atoms with Crippen molar-refractivity contribution < 1.29 is 19.4 Å². The van der Waals surface area contributed by atoms with E-state index in [0.717, 1.165) is 11.4 Å². The van der Waals surface area contributed by atoms with Crippen LogP contribution in [-0.4, -0.2) is 54.7 Å². The maximum atomic E-state index is 13.3. The number of carboxylic acid groups (broad SMARTS) is 1. The van der Waals surface area contributed by atoms with Crippen LogP contribution in [0.1, 0.15) is 35.2 Å². The molecule has 39 heavy (non-hydrogen) atoms. The van der Waals surface area contributed by atoms with Crippen LogP contribution in [0.4, 0.5) is 0 Å². The van der Waals surface area contributed by atoms with Crippen LogP contribution < -0.4 is 15.6 Å². The molecule has 1 aliphatic rings. The minimum atomic E-state index is -1.14. The molecule has 0 aliphatic carbocycles. The molecule has 5 rings (SSSR count). The van der Waals surface area contributed by atoms with Crippen molar-refractivity contribution >= 4 is 11.9 Å². The summed E-state index contributed by atoms with van der Waals surface area (Å²) in [7, 11) is 3.02. The van der Waals surface area contributed by atoms with Gasteiger partial charge in [-0.3, -0.25) is 9.59 Å². The van der Waals surface area contributed by atoms with E-state index in [2.05, 4.69) is 20.6 Å². The Hall–Kier alpha value is -4.80. The number of aliphatic carboxylic acids is 1. The standard InChI is InChI=1S/C28H28N6O5/c1-33-27(36)25(22(39-2)16-29-33)19-10-8-18(9-11-19)14-20(28(37)38)30-26(35)21-12-13-23-31-32-24(34(21)23)15-17-6-4-3-5-7-17/h3-11,16,20-21H,12-15H2,1-2H3,(H,30,35)(H,37,38)/t20-,21-/m0/s1. The molecule has 200 valence electrons. The SMILES string of the molecule is COc1cnn(C)c(=O)c1-c1ccc(C[C@H](NC(=O)[C@@H]2CCc3nnc(Cc4ccccc4)n32)C(=O)O)cc1. The van der Waals surface area contributed by atoms with E-state index >= 15 is 0 Å². The average Bonchev–Trinajstić information content (AvgIpc) is 3.54. The summed E-state index contributed by atoms with van der Waals surface area (Å²) in [6.45, 7) is 0. The van der Waals surface area contributed by atoms with E-state index in [4.69, 9.17) is 4.74 Å². The zero-order valence-electron chi connectivity index (χ0n) is 21.6. The Labute approximate surface area is 224 Å². The van der Waals surface area contributed by atoms with Gasteiger partial charge in [0.15, 0.2) is 5.75 Å². The van der Waals surface area contributed by atoms with Crippen LogP contribution >= 0.6 is 0 Å². The minimum Gasteiger partial charge on any atom is -0.494 e. The topological polar surface area (TPSA) is 141 Å². The van der Waals surface area contributed by atoms with E-state index in [1.54, 1.807) is 31.3 Å². The number of aromatic nitrogens is 5. The van der Waals surface area contributed by atoms with Crippen LogP contribution in [0.15, 0.2) is 65.6 Å². The number of aryl methyl sites for hydroxylation is 2. The van der Waals surface area contributed by atoms with Gasteiger partial charge in [0.1, 0.15) is 23.7 Å². The highest BCUT2D eigenvalue weighted by Crippen LogP contribution is 2.28. The number of methoxy groups -OCH3 is 1.